The molecule has 4 aromatic rings. The third kappa shape index (κ3) is 3.39. The van der Waals surface area contributed by atoms with E-state index >= 15 is 0 Å². The van der Waals surface area contributed by atoms with Crippen molar-refractivity contribution in [2.45, 2.75) is 43.4 Å². The van der Waals surface area contributed by atoms with Gasteiger partial charge in [-0.05, 0) is 49.5 Å². The van der Waals surface area contributed by atoms with Gasteiger partial charge in [-0.3, -0.25) is 0 Å². The van der Waals surface area contributed by atoms with Gasteiger partial charge in [0.25, 0.3) is 0 Å². The van der Waals surface area contributed by atoms with E-state index in [-0.39, 0.29) is 6.10 Å². The fourth-order valence-corrected chi connectivity index (χ4v) is 6.28. The van der Waals surface area contributed by atoms with Gasteiger partial charge < -0.3 is 10.1 Å². The predicted molar refractivity (Wildman–Crippen MR) is 129 cm³/mol. The van der Waals surface area contributed by atoms with Crippen LogP contribution < -0.4 is 5.32 Å². The highest BCUT2D eigenvalue weighted by Gasteiger charge is 2.26. The molecule has 6 rings (SSSR count). The summed E-state index contributed by atoms with van der Waals surface area (Å²) in [7, 11) is 0. The van der Waals surface area contributed by atoms with Crippen LogP contribution in [-0.2, 0) is 17.6 Å². The second kappa shape index (κ2) is 8.04. The highest BCUT2D eigenvalue weighted by atomic mass is 32.2. The summed E-state index contributed by atoms with van der Waals surface area (Å²) in [6.45, 7) is 1.65. The van der Waals surface area contributed by atoms with Crippen molar-refractivity contribution >= 4 is 49.3 Å². The highest BCUT2D eigenvalue weighted by Crippen LogP contribution is 2.44. The average Bonchev–Trinajstić information content (AvgIpc) is 3.56. The van der Waals surface area contributed by atoms with E-state index in [9.17, 15) is 0 Å². The Morgan fingerprint density at radius 2 is 1.97 bits per heavy atom. The lowest BCUT2D eigenvalue weighted by molar-refractivity contribution is 0.120. The molecule has 1 atom stereocenters. The second-order valence-corrected chi connectivity index (χ2v) is 9.94. The van der Waals surface area contributed by atoms with Gasteiger partial charge in [0, 0.05) is 24.1 Å². The van der Waals surface area contributed by atoms with E-state index in [0.29, 0.717) is 0 Å². The summed E-state index contributed by atoms with van der Waals surface area (Å²) < 4.78 is 6.92. The van der Waals surface area contributed by atoms with Crippen LogP contribution in [0, 0.1) is 0 Å². The maximum atomic E-state index is 5.81. The number of nitrogens with zero attached hydrogens (tertiary/aromatic N) is 3. The molecule has 0 saturated carbocycles. The number of hydrogen-bond acceptors (Lipinski definition) is 7. The van der Waals surface area contributed by atoms with E-state index in [0.717, 1.165) is 70.6 Å². The molecule has 1 aliphatic carbocycles. The summed E-state index contributed by atoms with van der Waals surface area (Å²) in [5.74, 6) is 0.917. The monoisotopic (exact) mass is 448 g/mol. The third-order valence-electron chi connectivity index (χ3n) is 6.26. The molecule has 1 unspecified atom stereocenters. The van der Waals surface area contributed by atoms with Crippen LogP contribution in [-0.4, -0.2) is 40.5 Å². The van der Waals surface area contributed by atoms with Crippen LogP contribution in [0.15, 0.2) is 35.5 Å². The van der Waals surface area contributed by atoms with Crippen molar-refractivity contribution in [2.75, 3.05) is 24.7 Å². The number of nitrogens with one attached hydrogen (secondary N) is 1. The Kier molecular flexibility index (Phi) is 5.05. The lowest BCUT2D eigenvalue weighted by Crippen LogP contribution is -2.19. The van der Waals surface area contributed by atoms with Gasteiger partial charge in [-0.15, -0.1) is 11.3 Å². The first-order valence-corrected chi connectivity index (χ1v) is 13.0. The lowest BCUT2D eigenvalue weighted by atomic mass is 10.0. The molecule has 1 fully saturated rings. The molecule has 2 aliphatic rings. The SMILES string of the molecule is CSc1nc(NCC2CCCO2)c2sc3nc(-c4ccccc4)c4c(c3c2n1)CCC4. The molecule has 1 N–H and O–H groups in total. The molecule has 0 bridgehead atoms. The molecule has 158 valence electrons. The average molecular weight is 449 g/mol. The molecule has 31 heavy (non-hydrogen) atoms. The van der Waals surface area contributed by atoms with E-state index in [1.165, 1.54) is 28.5 Å². The van der Waals surface area contributed by atoms with Crippen molar-refractivity contribution in [3.63, 3.8) is 0 Å². The number of ether oxygens (including phenoxy) is 1. The summed E-state index contributed by atoms with van der Waals surface area (Å²) in [6.07, 6.45) is 7.92. The van der Waals surface area contributed by atoms with Gasteiger partial charge in [0.05, 0.1) is 22.0 Å². The number of thioether (sulfide) groups is 1. The molecule has 0 radical (unpaired) electrons. The maximum absolute atomic E-state index is 5.81. The van der Waals surface area contributed by atoms with Crippen molar-refractivity contribution in [3.8, 4) is 11.3 Å². The topological polar surface area (TPSA) is 59.9 Å². The molecule has 4 heterocycles. The number of pyridine rings is 1. The number of rotatable bonds is 5. The van der Waals surface area contributed by atoms with Crippen LogP contribution >= 0.6 is 23.1 Å². The van der Waals surface area contributed by atoms with Gasteiger partial charge in [0.15, 0.2) is 5.16 Å². The Morgan fingerprint density at radius 3 is 2.77 bits per heavy atom. The summed E-state index contributed by atoms with van der Waals surface area (Å²) in [6, 6.07) is 10.6. The molecule has 5 nitrogen and oxygen atoms in total. The molecule has 1 saturated heterocycles. The minimum Gasteiger partial charge on any atom is -0.376 e. The first kappa shape index (κ1) is 19.5. The van der Waals surface area contributed by atoms with Crippen molar-refractivity contribution in [1.29, 1.82) is 0 Å². The van der Waals surface area contributed by atoms with E-state index < -0.39 is 0 Å². The summed E-state index contributed by atoms with van der Waals surface area (Å²) in [5, 5.41) is 5.62. The Labute approximate surface area is 189 Å². The second-order valence-electron chi connectivity index (χ2n) is 8.17. The minimum atomic E-state index is 0.268. The largest absolute Gasteiger partial charge is 0.376 e. The van der Waals surface area contributed by atoms with Crippen molar-refractivity contribution < 1.29 is 4.74 Å². The molecule has 0 amide bonds. The number of benzene rings is 1. The van der Waals surface area contributed by atoms with E-state index in [1.54, 1.807) is 23.1 Å². The van der Waals surface area contributed by atoms with Crippen molar-refractivity contribution in [1.82, 2.24) is 15.0 Å². The summed E-state index contributed by atoms with van der Waals surface area (Å²) in [4.78, 5) is 16.0. The number of fused-ring (bicyclic) bond motifs is 5. The van der Waals surface area contributed by atoms with E-state index in [2.05, 4.69) is 35.6 Å². The number of anilines is 1. The standard InChI is InChI=1S/C24H24N4OS2/c1-30-24-27-20-18-16-10-5-11-17(16)19(14-7-3-2-4-8-14)26-23(18)31-21(20)22(28-24)25-13-15-9-6-12-29-15/h2-4,7-8,15H,5-6,9-13H2,1H3,(H,25,27,28). The van der Waals surface area contributed by atoms with Crippen molar-refractivity contribution in [3.05, 3.63) is 41.5 Å². The van der Waals surface area contributed by atoms with Crippen LogP contribution in [0.4, 0.5) is 5.82 Å². The first-order valence-electron chi connectivity index (χ1n) is 10.9. The minimum absolute atomic E-state index is 0.268. The van der Waals surface area contributed by atoms with E-state index in [4.69, 9.17) is 19.7 Å². The number of thiophene rings is 1. The summed E-state index contributed by atoms with van der Waals surface area (Å²) >= 11 is 3.31. The fraction of sp³-hybridized carbons (Fsp3) is 0.375. The van der Waals surface area contributed by atoms with Crippen LogP contribution in [0.1, 0.15) is 30.4 Å². The van der Waals surface area contributed by atoms with Crippen LogP contribution in [0.5, 0.6) is 0 Å². The van der Waals surface area contributed by atoms with Gasteiger partial charge >= 0.3 is 0 Å². The molecular formula is C24H24N4OS2. The van der Waals surface area contributed by atoms with Crippen LogP contribution in [0.25, 0.3) is 31.7 Å². The zero-order valence-corrected chi connectivity index (χ0v) is 19.1. The molecule has 1 aliphatic heterocycles. The van der Waals surface area contributed by atoms with Gasteiger partial charge in [-0.2, -0.15) is 0 Å². The van der Waals surface area contributed by atoms with Crippen molar-refractivity contribution in [2.24, 2.45) is 0 Å². The third-order valence-corrected chi connectivity index (χ3v) is 7.89. The van der Waals surface area contributed by atoms with Gasteiger partial charge in [0.1, 0.15) is 10.6 Å². The predicted octanol–water partition coefficient (Wildman–Crippen LogP) is 5.71. The number of hydrogen-bond donors (Lipinski definition) is 1. The maximum Gasteiger partial charge on any atom is 0.189 e. The molecule has 3 aromatic heterocycles. The molecule has 1 aromatic carbocycles. The Morgan fingerprint density at radius 1 is 1.10 bits per heavy atom. The van der Waals surface area contributed by atoms with Gasteiger partial charge in [0.2, 0.25) is 0 Å². The lowest BCUT2D eigenvalue weighted by Gasteiger charge is -2.12. The van der Waals surface area contributed by atoms with Crippen LogP contribution in [0.2, 0.25) is 0 Å². The normalized spacial score (nSPS) is 18.2. The quantitative estimate of drug-likeness (QED) is 0.312. The van der Waals surface area contributed by atoms with Gasteiger partial charge in [-0.25, -0.2) is 15.0 Å². The zero-order valence-electron chi connectivity index (χ0n) is 17.5. The number of aromatic nitrogens is 3. The Bertz CT molecular complexity index is 1270. The first-order chi connectivity index (χ1) is 15.3. The van der Waals surface area contributed by atoms with Gasteiger partial charge in [-0.1, -0.05) is 42.1 Å². The smallest absolute Gasteiger partial charge is 0.189 e. The molecular weight excluding hydrogens is 424 g/mol. The molecule has 7 heteroatoms. The Hall–Kier alpha value is -2.22. The Balaban J connectivity index is 1.54. The fourth-order valence-electron chi connectivity index (χ4n) is 4.81. The highest BCUT2D eigenvalue weighted by molar-refractivity contribution is 7.98. The molecule has 0 spiro atoms. The zero-order chi connectivity index (χ0) is 20.8. The summed E-state index contributed by atoms with van der Waals surface area (Å²) in [5.41, 5.74) is 6.23. The number of aryl methyl sites for hydroxylation is 1. The van der Waals surface area contributed by atoms with E-state index in [1.807, 2.05) is 6.26 Å². The van der Waals surface area contributed by atoms with Crippen LogP contribution in [0.3, 0.4) is 0 Å².